The summed E-state index contributed by atoms with van der Waals surface area (Å²) >= 11 is 0. The summed E-state index contributed by atoms with van der Waals surface area (Å²) in [5.74, 6) is 4.17. The Morgan fingerprint density at radius 3 is 2.54 bits per heavy atom. The number of fused-ring (bicyclic) bond motifs is 3. The lowest BCUT2D eigenvalue weighted by Crippen LogP contribution is -2.49. The highest BCUT2D eigenvalue weighted by Crippen LogP contribution is 2.40. The maximum Gasteiger partial charge on any atom is 0.341 e. The van der Waals surface area contributed by atoms with Gasteiger partial charge in [-0.1, -0.05) is 0 Å². The van der Waals surface area contributed by atoms with Gasteiger partial charge in [-0.05, 0) is 31.4 Å². The number of nitrogens with zero attached hydrogens (tertiary/aromatic N) is 3. The van der Waals surface area contributed by atoms with Crippen LogP contribution in [0.3, 0.4) is 0 Å². The number of aromatic carboxylic acids is 1. The van der Waals surface area contributed by atoms with Crippen LogP contribution < -0.4 is 16.2 Å². The van der Waals surface area contributed by atoms with Crippen LogP contribution in [-0.4, -0.2) is 45.8 Å². The molecule has 2 saturated heterocycles. The zero-order chi connectivity index (χ0) is 18.2. The van der Waals surface area contributed by atoms with Gasteiger partial charge in [-0.2, -0.15) is 0 Å². The Morgan fingerprint density at radius 1 is 1.19 bits per heavy atom. The fraction of sp³-hybridized carbons (Fsp3) is 0.444. The van der Waals surface area contributed by atoms with Crippen LogP contribution in [0, 0.1) is 5.82 Å². The summed E-state index contributed by atoms with van der Waals surface area (Å²) in [6.45, 7) is 1.35. The van der Waals surface area contributed by atoms with Crippen LogP contribution in [0.5, 0.6) is 0 Å². The number of hydrogen-bond donors (Lipinski definition) is 2. The van der Waals surface area contributed by atoms with E-state index < -0.39 is 17.2 Å². The largest absolute Gasteiger partial charge is 0.477 e. The zero-order valence-corrected chi connectivity index (χ0v) is 14.1. The Morgan fingerprint density at radius 2 is 1.96 bits per heavy atom. The SMILES string of the molecule is NN1CC2CC1CN2c1cc2c(cc1F)c(=O)c(C(=O)O)cn2C1CC1. The zero-order valence-electron chi connectivity index (χ0n) is 14.1. The number of carbonyl (C=O) groups is 1. The molecule has 136 valence electrons. The molecule has 2 aliphatic heterocycles. The van der Waals surface area contributed by atoms with Crippen molar-refractivity contribution in [1.82, 2.24) is 9.58 Å². The van der Waals surface area contributed by atoms with Crippen molar-refractivity contribution in [2.24, 2.45) is 5.84 Å². The van der Waals surface area contributed by atoms with E-state index in [0.29, 0.717) is 24.3 Å². The predicted molar refractivity (Wildman–Crippen MR) is 93.8 cm³/mol. The molecule has 1 saturated carbocycles. The molecule has 2 unspecified atom stereocenters. The van der Waals surface area contributed by atoms with Gasteiger partial charge in [0.15, 0.2) is 0 Å². The normalized spacial score (nSPS) is 25.4. The van der Waals surface area contributed by atoms with Gasteiger partial charge in [-0.15, -0.1) is 0 Å². The van der Waals surface area contributed by atoms with Gasteiger partial charge in [0.1, 0.15) is 11.4 Å². The molecule has 3 N–H and O–H groups in total. The van der Waals surface area contributed by atoms with E-state index in [1.807, 2.05) is 9.47 Å². The lowest BCUT2D eigenvalue weighted by atomic mass is 10.1. The molecular formula is C18H19FN4O3. The molecular weight excluding hydrogens is 339 g/mol. The van der Waals surface area contributed by atoms with Gasteiger partial charge in [0.2, 0.25) is 5.43 Å². The summed E-state index contributed by atoms with van der Waals surface area (Å²) in [5.41, 5.74) is 0.128. The van der Waals surface area contributed by atoms with Gasteiger partial charge in [0.05, 0.1) is 11.2 Å². The molecule has 0 radical (unpaired) electrons. The fourth-order valence-electron chi connectivity index (χ4n) is 4.38. The van der Waals surface area contributed by atoms with Gasteiger partial charge < -0.3 is 14.6 Å². The maximum atomic E-state index is 14.9. The molecule has 3 heterocycles. The Kier molecular flexibility index (Phi) is 3.20. The number of carboxylic acid groups (broad SMARTS) is 1. The molecule has 5 rings (SSSR count). The summed E-state index contributed by atoms with van der Waals surface area (Å²) in [5, 5.41) is 11.2. The minimum atomic E-state index is -1.28. The molecule has 0 amide bonds. The maximum absolute atomic E-state index is 14.9. The molecule has 1 aromatic carbocycles. The number of pyridine rings is 1. The number of aromatic nitrogens is 1. The minimum absolute atomic E-state index is 0.128. The second-order valence-corrected chi connectivity index (χ2v) is 7.53. The number of anilines is 1. The lowest BCUT2D eigenvalue weighted by molar-refractivity contribution is 0.0695. The fourth-order valence-corrected chi connectivity index (χ4v) is 4.38. The second-order valence-electron chi connectivity index (χ2n) is 7.53. The number of carboxylic acids is 1. The molecule has 2 atom stereocenters. The predicted octanol–water partition coefficient (Wildman–Crippen LogP) is 1.31. The van der Waals surface area contributed by atoms with Gasteiger partial charge in [0.25, 0.3) is 0 Å². The number of nitrogens with two attached hydrogens (primary N) is 1. The van der Waals surface area contributed by atoms with Crippen LogP contribution in [0.25, 0.3) is 10.9 Å². The third-order valence-corrected chi connectivity index (χ3v) is 5.86. The molecule has 8 heteroatoms. The van der Waals surface area contributed by atoms with Crippen LogP contribution in [0.4, 0.5) is 10.1 Å². The second kappa shape index (κ2) is 5.28. The van der Waals surface area contributed by atoms with Crippen molar-refractivity contribution in [2.75, 3.05) is 18.0 Å². The highest BCUT2D eigenvalue weighted by Gasteiger charge is 2.43. The molecule has 26 heavy (non-hydrogen) atoms. The van der Waals surface area contributed by atoms with E-state index in [0.717, 1.165) is 19.3 Å². The molecule has 2 aromatic rings. The highest BCUT2D eigenvalue weighted by molar-refractivity contribution is 5.93. The van der Waals surface area contributed by atoms with Crippen LogP contribution in [0.15, 0.2) is 23.1 Å². The quantitative estimate of drug-likeness (QED) is 0.804. The first-order valence-electron chi connectivity index (χ1n) is 8.83. The first-order valence-corrected chi connectivity index (χ1v) is 8.83. The number of hydrogen-bond acceptors (Lipinski definition) is 5. The van der Waals surface area contributed by atoms with Crippen LogP contribution in [-0.2, 0) is 0 Å². The van der Waals surface area contributed by atoms with Crippen LogP contribution >= 0.6 is 0 Å². The van der Waals surface area contributed by atoms with E-state index in [1.165, 1.54) is 12.3 Å². The van der Waals surface area contributed by atoms with E-state index in [-0.39, 0.29) is 29.1 Å². The Balaban J connectivity index is 1.70. The third kappa shape index (κ3) is 2.18. The van der Waals surface area contributed by atoms with Crippen molar-refractivity contribution in [2.45, 2.75) is 37.4 Å². The molecule has 7 nitrogen and oxygen atoms in total. The van der Waals surface area contributed by atoms with Crippen LogP contribution in [0.1, 0.15) is 35.7 Å². The molecule has 1 aromatic heterocycles. The molecule has 0 spiro atoms. The monoisotopic (exact) mass is 358 g/mol. The number of rotatable bonds is 3. The van der Waals surface area contributed by atoms with Crippen molar-refractivity contribution in [3.63, 3.8) is 0 Å². The van der Waals surface area contributed by atoms with Gasteiger partial charge >= 0.3 is 5.97 Å². The average Bonchev–Trinajstić information content (AvgIpc) is 3.26. The number of piperazine rings is 1. The van der Waals surface area contributed by atoms with E-state index in [1.54, 1.807) is 11.1 Å². The van der Waals surface area contributed by atoms with Crippen molar-refractivity contribution in [3.05, 3.63) is 39.9 Å². The van der Waals surface area contributed by atoms with Gasteiger partial charge in [0, 0.05) is 42.8 Å². The molecule has 2 bridgehead atoms. The first kappa shape index (κ1) is 15.8. The van der Waals surface area contributed by atoms with Crippen molar-refractivity contribution < 1.29 is 14.3 Å². The van der Waals surface area contributed by atoms with Crippen molar-refractivity contribution in [1.29, 1.82) is 0 Å². The molecule has 1 aliphatic carbocycles. The van der Waals surface area contributed by atoms with E-state index in [9.17, 15) is 19.1 Å². The van der Waals surface area contributed by atoms with E-state index in [4.69, 9.17) is 5.84 Å². The van der Waals surface area contributed by atoms with Crippen LogP contribution in [0.2, 0.25) is 0 Å². The van der Waals surface area contributed by atoms with Gasteiger partial charge in [-0.25, -0.2) is 14.2 Å². The average molecular weight is 358 g/mol. The smallest absolute Gasteiger partial charge is 0.341 e. The first-order chi connectivity index (χ1) is 12.4. The van der Waals surface area contributed by atoms with E-state index >= 15 is 0 Å². The summed E-state index contributed by atoms with van der Waals surface area (Å²) < 4.78 is 16.7. The highest BCUT2D eigenvalue weighted by atomic mass is 19.1. The van der Waals surface area contributed by atoms with E-state index in [2.05, 4.69) is 0 Å². The molecule has 3 aliphatic rings. The third-order valence-electron chi connectivity index (χ3n) is 5.86. The minimum Gasteiger partial charge on any atom is -0.477 e. The summed E-state index contributed by atoms with van der Waals surface area (Å²) in [6, 6.07) is 3.46. The Labute approximate surface area is 148 Å². The standard InChI is InChI=1S/C18H19FN4O3/c19-14-4-12-15(5-16(14)21-6-11-3-10(21)7-23(11)20)22(9-1-2-9)8-13(17(12)24)18(25)26/h4-5,8-11H,1-3,6-7,20H2,(H,25,26). The molecule has 3 fully saturated rings. The van der Waals surface area contributed by atoms with Crippen molar-refractivity contribution in [3.8, 4) is 0 Å². The number of hydrazine groups is 1. The van der Waals surface area contributed by atoms with Crippen molar-refractivity contribution >= 4 is 22.6 Å². The summed E-state index contributed by atoms with van der Waals surface area (Å²) in [4.78, 5) is 26.0. The van der Waals surface area contributed by atoms with Gasteiger partial charge in [-0.3, -0.25) is 10.6 Å². The summed E-state index contributed by atoms with van der Waals surface area (Å²) in [6.07, 6.45) is 4.17. The summed E-state index contributed by atoms with van der Waals surface area (Å²) in [7, 11) is 0. The lowest BCUT2D eigenvalue weighted by Gasteiger charge is -2.33. The number of halogens is 1. The Bertz CT molecular complexity index is 998. The number of benzene rings is 1. The Hall–Kier alpha value is -2.45. The topological polar surface area (TPSA) is 91.8 Å².